The lowest BCUT2D eigenvalue weighted by Crippen LogP contribution is -2.41. The van der Waals surface area contributed by atoms with Gasteiger partial charge in [0.2, 0.25) is 10.0 Å². The Labute approximate surface area is 120 Å². The van der Waals surface area contributed by atoms with Crippen molar-refractivity contribution in [2.75, 3.05) is 20.2 Å². The number of halogens is 4. The fourth-order valence-electron chi connectivity index (χ4n) is 1.16. The molecule has 0 atom stereocenters. The highest BCUT2D eigenvalue weighted by atomic mass is 35.5. The molecule has 0 heterocycles. The second-order valence-corrected chi connectivity index (χ2v) is 5.45. The highest BCUT2D eigenvalue weighted by Crippen LogP contribution is 2.21. The third-order valence-electron chi connectivity index (χ3n) is 2.25. The number of ether oxygens (including phenoxy) is 1. The van der Waals surface area contributed by atoms with Gasteiger partial charge in [-0.2, -0.15) is 0 Å². The Morgan fingerprint density at radius 3 is 2.50 bits per heavy atom. The molecule has 116 valence electrons. The SMILES string of the molecule is COc1cc(S(=O)(=O)NCC(F)(F)CN)ccc1F.Cl. The molecule has 20 heavy (non-hydrogen) atoms. The number of nitrogens with two attached hydrogens (primary N) is 1. The molecule has 0 amide bonds. The molecule has 1 aromatic carbocycles. The first-order valence-electron chi connectivity index (χ1n) is 5.13. The van der Waals surface area contributed by atoms with Crippen molar-refractivity contribution in [1.29, 1.82) is 0 Å². The molecule has 0 radical (unpaired) electrons. The molecule has 1 rings (SSSR count). The molecule has 10 heteroatoms. The third kappa shape index (κ3) is 4.82. The molecular formula is C10H14ClF3N2O3S. The van der Waals surface area contributed by atoms with Crippen LogP contribution in [0.5, 0.6) is 5.75 Å². The summed E-state index contributed by atoms with van der Waals surface area (Å²) in [5.41, 5.74) is 4.79. The Bertz CT molecular complexity index is 555. The lowest BCUT2D eigenvalue weighted by atomic mass is 10.3. The standard InChI is InChI=1S/C10H13F3N2O3S.ClH/c1-18-9-4-7(2-3-8(9)11)19(16,17)15-6-10(12,13)5-14;/h2-4,15H,5-6,14H2,1H3;1H. The number of nitrogens with one attached hydrogen (secondary N) is 1. The first-order chi connectivity index (χ1) is 8.72. The Morgan fingerprint density at radius 2 is 2.00 bits per heavy atom. The Kier molecular flexibility index (Phi) is 6.75. The zero-order chi connectivity index (χ0) is 14.7. The number of sulfonamides is 1. The summed E-state index contributed by atoms with van der Waals surface area (Å²) in [7, 11) is -3.03. The maximum Gasteiger partial charge on any atom is 0.273 e. The summed E-state index contributed by atoms with van der Waals surface area (Å²) in [4.78, 5) is -0.376. The van der Waals surface area contributed by atoms with Crippen molar-refractivity contribution < 1.29 is 26.3 Å². The van der Waals surface area contributed by atoms with Crippen LogP contribution in [0.25, 0.3) is 0 Å². The lowest BCUT2D eigenvalue weighted by molar-refractivity contribution is 0.0170. The molecule has 0 spiro atoms. The fraction of sp³-hybridized carbons (Fsp3) is 0.400. The van der Waals surface area contributed by atoms with Crippen LogP contribution in [0.3, 0.4) is 0 Å². The Morgan fingerprint density at radius 1 is 1.40 bits per heavy atom. The summed E-state index contributed by atoms with van der Waals surface area (Å²) in [6, 6.07) is 2.72. The van der Waals surface area contributed by atoms with Crippen LogP contribution in [0.15, 0.2) is 23.1 Å². The molecule has 0 aliphatic heterocycles. The van der Waals surface area contributed by atoms with Crippen LogP contribution < -0.4 is 15.2 Å². The van der Waals surface area contributed by atoms with Crippen LogP contribution in [-0.4, -0.2) is 34.5 Å². The zero-order valence-electron chi connectivity index (χ0n) is 10.4. The summed E-state index contributed by atoms with van der Waals surface area (Å²) >= 11 is 0. The number of hydrogen-bond donors (Lipinski definition) is 2. The molecule has 1 aromatic rings. The second-order valence-electron chi connectivity index (χ2n) is 3.68. The number of alkyl halides is 2. The van der Waals surface area contributed by atoms with E-state index in [1.54, 1.807) is 4.72 Å². The van der Waals surface area contributed by atoms with Crippen LogP contribution in [0.4, 0.5) is 13.2 Å². The van der Waals surface area contributed by atoms with E-state index in [4.69, 9.17) is 5.73 Å². The summed E-state index contributed by atoms with van der Waals surface area (Å²) in [6.07, 6.45) is 0. The molecule has 0 unspecified atom stereocenters. The van der Waals surface area contributed by atoms with Crippen molar-refractivity contribution in [3.05, 3.63) is 24.0 Å². The normalized spacial score (nSPS) is 11.8. The number of methoxy groups -OCH3 is 1. The highest BCUT2D eigenvalue weighted by Gasteiger charge is 2.29. The summed E-state index contributed by atoms with van der Waals surface area (Å²) in [5, 5.41) is 0. The molecule has 0 saturated heterocycles. The van der Waals surface area contributed by atoms with Gasteiger partial charge in [-0.25, -0.2) is 26.3 Å². The monoisotopic (exact) mass is 334 g/mol. The maximum atomic E-state index is 13.1. The Balaban J connectivity index is 0.00000361. The Hall–Kier alpha value is -1.03. The van der Waals surface area contributed by atoms with Gasteiger partial charge in [0.05, 0.1) is 25.1 Å². The largest absolute Gasteiger partial charge is 0.494 e. The molecule has 5 nitrogen and oxygen atoms in total. The number of rotatable bonds is 6. The van der Waals surface area contributed by atoms with Crippen LogP contribution in [0, 0.1) is 5.82 Å². The molecule has 3 N–H and O–H groups in total. The van der Waals surface area contributed by atoms with Gasteiger partial charge in [-0.1, -0.05) is 0 Å². The molecule has 0 aliphatic carbocycles. The van der Waals surface area contributed by atoms with Crippen LogP contribution in [0.2, 0.25) is 0 Å². The van der Waals surface area contributed by atoms with Gasteiger partial charge in [0.1, 0.15) is 0 Å². The molecular weight excluding hydrogens is 321 g/mol. The van der Waals surface area contributed by atoms with E-state index in [-0.39, 0.29) is 23.1 Å². The average Bonchev–Trinajstić information content (AvgIpc) is 2.37. The van der Waals surface area contributed by atoms with Gasteiger partial charge in [0, 0.05) is 6.07 Å². The second kappa shape index (κ2) is 7.11. The maximum absolute atomic E-state index is 13.1. The number of benzene rings is 1. The van der Waals surface area contributed by atoms with Gasteiger partial charge in [0.25, 0.3) is 5.92 Å². The van der Waals surface area contributed by atoms with Crippen molar-refractivity contribution in [1.82, 2.24) is 4.72 Å². The average molecular weight is 335 g/mol. The molecule has 0 saturated carbocycles. The zero-order valence-corrected chi connectivity index (χ0v) is 12.0. The first kappa shape index (κ1) is 19.0. The minimum atomic E-state index is -4.19. The summed E-state index contributed by atoms with van der Waals surface area (Å²) in [5.74, 6) is -4.40. The van der Waals surface area contributed by atoms with E-state index in [9.17, 15) is 21.6 Å². The molecule has 0 fully saturated rings. The van der Waals surface area contributed by atoms with Crippen LogP contribution >= 0.6 is 12.4 Å². The van der Waals surface area contributed by atoms with E-state index < -0.39 is 34.9 Å². The van der Waals surface area contributed by atoms with Crippen molar-refractivity contribution in [3.8, 4) is 5.75 Å². The van der Waals surface area contributed by atoms with Crippen LogP contribution in [-0.2, 0) is 10.0 Å². The lowest BCUT2D eigenvalue weighted by Gasteiger charge is -2.15. The van der Waals surface area contributed by atoms with E-state index in [0.29, 0.717) is 0 Å². The third-order valence-corrected chi connectivity index (χ3v) is 3.65. The molecule has 0 aromatic heterocycles. The van der Waals surface area contributed by atoms with E-state index in [2.05, 4.69) is 4.74 Å². The van der Waals surface area contributed by atoms with E-state index in [1.807, 2.05) is 0 Å². The highest BCUT2D eigenvalue weighted by molar-refractivity contribution is 7.89. The molecule has 0 aliphatic rings. The van der Waals surface area contributed by atoms with Crippen molar-refractivity contribution in [3.63, 3.8) is 0 Å². The van der Waals surface area contributed by atoms with Gasteiger partial charge in [-0.05, 0) is 12.1 Å². The van der Waals surface area contributed by atoms with Gasteiger partial charge >= 0.3 is 0 Å². The summed E-state index contributed by atoms with van der Waals surface area (Å²) < 4.78 is 68.6. The minimum absolute atomic E-state index is 0. The quantitative estimate of drug-likeness (QED) is 0.817. The van der Waals surface area contributed by atoms with Gasteiger partial charge in [-0.3, -0.25) is 0 Å². The van der Waals surface area contributed by atoms with Gasteiger partial charge in [0.15, 0.2) is 11.6 Å². The van der Waals surface area contributed by atoms with Crippen molar-refractivity contribution >= 4 is 22.4 Å². The van der Waals surface area contributed by atoms with Crippen molar-refractivity contribution in [2.45, 2.75) is 10.8 Å². The van der Waals surface area contributed by atoms with E-state index in [0.717, 1.165) is 25.3 Å². The molecule has 0 bridgehead atoms. The predicted molar refractivity (Wildman–Crippen MR) is 69.4 cm³/mol. The van der Waals surface area contributed by atoms with Gasteiger partial charge in [-0.15, -0.1) is 12.4 Å². The topological polar surface area (TPSA) is 81.4 Å². The predicted octanol–water partition coefficient (Wildman–Crippen LogP) is 1.13. The summed E-state index contributed by atoms with van der Waals surface area (Å²) in [6.45, 7) is -2.12. The number of hydrogen-bond acceptors (Lipinski definition) is 4. The van der Waals surface area contributed by atoms with Gasteiger partial charge < -0.3 is 10.5 Å². The first-order valence-corrected chi connectivity index (χ1v) is 6.61. The smallest absolute Gasteiger partial charge is 0.273 e. The fourth-order valence-corrected chi connectivity index (χ4v) is 2.24. The van der Waals surface area contributed by atoms with E-state index >= 15 is 0 Å². The van der Waals surface area contributed by atoms with Crippen molar-refractivity contribution in [2.24, 2.45) is 5.73 Å². The van der Waals surface area contributed by atoms with Crippen LogP contribution in [0.1, 0.15) is 0 Å². The van der Waals surface area contributed by atoms with E-state index in [1.165, 1.54) is 0 Å². The minimum Gasteiger partial charge on any atom is -0.494 e.